The number of aromatic nitrogens is 2. The van der Waals surface area contributed by atoms with E-state index in [1.807, 2.05) is 0 Å². The number of carboxylic acid groups (broad SMARTS) is 1. The zero-order valence-electron chi connectivity index (χ0n) is 8.92. The van der Waals surface area contributed by atoms with Crippen LogP contribution in [0.2, 0.25) is 0 Å². The summed E-state index contributed by atoms with van der Waals surface area (Å²) >= 11 is 0. The number of aromatic carboxylic acids is 1. The minimum Gasteiger partial charge on any atom is -0.508 e. The van der Waals surface area contributed by atoms with Gasteiger partial charge in [0, 0.05) is 31.3 Å². The number of fused-ring (bicyclic) bond motifs is 1. The number of carbonyl (C=O) groups is 1. The number of aromatic hydroxyl groups is 1. The number of hydrogen-bond acceptors (Lipinski definition) is 4. The molecule has 1 saturated heterocycles. The van der Waals surface area contributed by atoms with E-state index in [4.69, 9.17) is 5.11 Å². The van der Waals surface area contributed by atoms with Crippen molar-refractivity contribution in [2.24, 2.45) is 0 Å². The smallest absolute Gasteiger partial charge is 0.356 e. The molecular formula is C11H11N3O3. The third kappa shape index (κ3) is 1.45. The molecule has 0 amide bonds. The quantitative estimate of drug-likeness (QED) is 0.700. The van der Waals surface area contributed by atoms with Gasteiger partial charge in [-0.05, 0) is 6.07 Å². The normalized spacial score (nSPS) is 16.0. The number of carboxylic acids is 1. The van der Waals surface area contributed by atoms with Crippen LogP contribution in [-0.2, 0) is 0 Å². The maximum Gasteiger partial charge on any atom is 0.356 e. The molecule has 0 atom stereocenters. The van der Waals surface area contributed by atoms with Gasteiger partial charge in [-0.2, -0.15) is 0 Å². The second-order valence-corrected chi connectivity index (χ2v) is 4.12. The Balaban J connectivity index is 2.26. The van der Waals surface area contributed by atoms with Crippen LogP contribution in [0.1, 0.15) is 22.2 Å². The average molecular weight is 233 g/mol. The fraction of sp³-hybridized carbons (Fsp3) is 0.273. The van der Waals surface area contributed by atoms with E-state index in [2.05, 4.69) is 10.3 Å². The van der Waals surface area contributed by atoms with Crippen LogP contribution in [0.4, 0.5) is 0 Å². The Morgan fingerprint density at radius 2 is 2.29 bits per heavy atom. The van der Waals surface area contributed by atoms with Crippen LogP contribution in [0, 0.1) is 0 Å². The van der Waals surface area contributed by atoms with Crippen LogP contribution in [0.3, 0.4) is 0 Å². The van der Waals surface area contributed by atoms with Gasteiger partial charge < -0.3 is 19.9 Å². The van der Waals surface area contributed by atoms with Gasteiger partial charge in [-0.3, -0.25) is 0 Å². The standard InChI is InChI=1S/C11H11N3O3/c15-7-1-2-14-8(3-7)9(11(16)17)13-10(14)6-4-12-5-6/h1-3,6,12,15H,4-5H2,(H,16,17). The first-order chi connectivity index (χ1) is 8.16. The third-order valence-electron chi connectivity index (χ3n) is 3.00. The van der Waals surface area contributed by atoms with Crippen molar-refractivity contribution in [2.45, 2.75) is 5.92 Å². The maximum atomic E-state index is 11.1. The lowest BCUT2D eigenvalue weighted by molar-refractivity contribution is 0.0693. The van der Waals surface area contributed by atoms with E-state index < -0.39 is 5.97 Å². The highest BCUT2D eigenvalue weighted by Gasteiger charge is 2.26. The lowest BCUT2D eigenvalue weighted by atomic mass is 10.0. The predicted octanol–water partition coefficient (Wildman–Crippen LogP) is 0.425. The first-order valence-electron chi connectivity index (χ1n) is 5.32. The lowest BCUT2D eigenvalue weighted by Gasteiger charge is -2.25. The lowest BCUT2D eigenvalue weighted by Crippen LogP contribution is -2.40. The van der Waals surface area contributed by atoms with Gasteiger partial charge in [0.2, 0.25) is 0 Å². The van der Waals surface area contributed by atoms with Gasteiger partial charge in [0.05, 0.1) is 5.52 Å². The number of nitrogens with one attached hydrogen (secondary N) is 1. The molecule has 3 heterocycles. The summed E-state index contributed by atoms with van der Waals surface area (Å²) in [5.41, 5.74) is 0.419. The fourth-order valence-electron chi connectivity index (χ4n) is 2.01. The van der Waals surface area contributed by atoms with E-state index in [1.54, 1.807) is 10.6 Å². The molecule has 6 heteroatoms. The number of hydrogen-bond donors (Lipinski definition) is 3. The molecule has 2 aromatic rings. The highest BCUT2D eigenvalue weighted by Crippen LogP contribution is 2.25. The van der Waals surface area contributed by atoms with Gasteiger partial charge in [0.25, 0.3) is 0 Å². The van der Waals surface area contributed by atoms with Crippen LogP contribution in [0.5, 0.6) is 5.75 Å². The average Bonchev–Trinajstić information content (AvgIpc) is 2.54. The molecule has 3 rings (SSSR count). The zero-order chi connectivity index (χ0) is 12.0. The van der Waals surface area contributed by atoms with Crippen molar-refractivity contribution in [3.63, 3.8) is 0 Å². The van der Waals surface area contributed by atoms with Gasteiger partial charge in [-0.25, -0.2) is 9.78 Å². The van der Waals surface area contributed by atoms with Crippen LogP contribution in [-0.4, -0.2) is 38.7 Å². The predicted molar refractivity (Wildman–Crippen MR) is 59.4 cm³/mol. The SMILES string of the molecule is O=C(O)c1nc(C2CNC2)n2ccc(O)cc12. The Hall–Kier alpha value is -2.08. The van der Waals surface area contributed by atoms with Crippen molar-refractivity contribution < 1.29 is 15.0 Å². The molecule has 17 heavy (non-hydrogen) atoms. The van der Waals surface area contributed by atoms with Crippen LogP contribution in [0.25, 0.3) is 5.52 Å². The van der Waals surface area contributed by atoms with Crippen molar-refractivity contribution in [1.29, 1.82) is 0 Å². The molecule has 0 radical (unpaired) electrons. The molecule has 2 aromatic heterocycles. The summed E-state index contributed by atoms with van der Waals surface area (Å²) < 4.78 is 1.73. The minimum atomic E-state index is -1.08. The molecule has 6 nitrogen and oxygen atoms in total. The highest BCUT2D eigenvalue weighted by atomic mass is 16.4. The molecule has 1 aliphatic rings. The van der Waals surface area contributed by atoms with Crippen molar-refractivity contribution in [3.05, 3.63) is 29.8 Å². The van der Waals surface area contributed by atoms with Crippen molar-refractivity contribution >= 4 is 11.5 Å². The summed E-state index contributed by atoms with van der Waals surface area (Å²) in [5.74, 6) is -0.0684. The summed E-state index contributed by atoms with van der Waals surface area (Å²) in [6.45, 7) is 1.61. The van der Waals surface area contributed by atoms with Crippen molar-refractivity contribution in [1.82, 2.24) is 14.7 Å². The number of rotatable bonds is 2. The summed E-state index contributed by atoms with van der Waals surface area (Å²) in [6.07, 6.45) is 1.65. The molecule has 0 aliphatic carbocycles. The van der Waals surface area contributed by atoms with E-state index in [1.165, 1.54) is 12.1 Å². The summed E-state index contributed by atoms with van der Waals surface area (Å²) in [7, 11) is 0. The molecule has 0 spiro atoms. The van der Waals surface area contributed by atoms with Crippen LogP contribution >= 0.6 is 0 Å². The Kier molecular flexibility index (Phi) is 2.05. The molecule has 1 fully saturated rings. The molecule has 88 valence electrons. The largest absolute Gasteiger partial charge is 0.508 e. The van der Waals surface area contributed by atoms with E-state index >= 15 is 0 Å². The minimum absolute atomic E-state index is 0.0113. The summed E-state index contributed by atoms with van der Waals surface area (Å²) in [5, 5.41) is 21.6. The van der Waals surface area contributed by atoms with E-state index in [0.29, 0.717) is 5.52 Å². The number of pyridine rings is 1. The summed E-state index contributed by atoms with van der Waals surface area (Å²) in [6, 6.07) is 2.95. The van der Waals surface area contributed by atoms with Gasteiger partial charge in [-0.1, -0.05) is 0 Å². The zero-order valence-corrected chi connectivity index (χ0v) is 8.92. The van der Waals surface area contributed by atoms with Crippen molar-refractivity contribution in [2.75, 3.05) is 13.1 Å². The molecule has 3 N–H and O–H groups in total. The maximum absolute atomic E-state index is 11.1. The highest BCUT2D eigenvalue weighted by molar-refractivity contribution is 5.94. The van der Waals surface area contributed by atoms with E-state index in [-0.39, 0.29) is 17.4 Å². The molecule has 0 bridgehead atoms. The van der Waals surface area contributed by atoms with Crippen LogP contribution in [0.15, 0.2) is 18.3 Å². The first-order valence-corrected chi connectivity index (χ1v) is 5.32. The second-order valence-electron chi connectivity index (χ2n) is 4.12. The third-order valence-corrected chi connectivity index (χ3v) is 3.00. The Morgan fingerprint density at radius 1 is 1.53 bits per heavy atom. The first kappa shape index (κ1) is 10.1. The topological polar surface area (TPSA) is 86.9 Å². The van der Waals surface area contributed by atoms with Gasteiger partial charge >= 0.3 is 5.97 Å². The number of imidazole rings is 1. The Labute approximate surface area is 96.5 Å². The Morgan fingerprint density at radius 3 is 2.88 bits per heavy atom. The van der Waals surface area contributed by atoms with E-state index in [0.717, 1.165) is 18.9 Å². The molecule has 0 saturated carbocycles. The summed E-state index contributed by atoms with van der Waals surface area (Å²) in [4.78, 5) is 15.3. The second kappa shape index (κ2) is 3.46. The van der Waals surface area contributed by atoms with Crippen LogP contribution < -0.4 is 5.32 Å². The molecular weight excluding hydrogens is 222 g/mol. The fourth-order valence-corrected chi connectivity index (χ4v) is 2.01. The van der Waals surface area contributed by atoms with Gasteiger partial charge in [0.1, 0.15) is 11.6 Å². The van der Waals surface area contributed by atoms with E-state index in [9.17, 15) is 9.90 Å². The number of nitrogens with zero attached hydrogens (tertiary/aromatic N) is 2. The van der Waals surface area contributed by atoms with Crippen molar-refractivity contribution in [3.8, 4) is 5.75 Å². The van der Waals surface area contributed by atoms with Gasteiger partial charge in [-0.15, -0.1) is 0 Å². The molecule has 0 aromatic carbocycles. The molecule has 1 aliphatic heterocycles. The Bertz CT molecular complexity index is 601. The molecule has 0 unspecified atom stereocenters. The van der Waals surface area contributed by atoms with Gasteiger partial charge in [0.15, 0.2) is 5.69 Å². The monoisotopic (exact) mass is 233 g/mol.